The summed E-state index contributed by atoms with van der Waals surface area (Å²) in [6.07, 6.45) is 0. The molecule has 0 aliphatic heterocycles. The van der Waals surface area contributed by atoms with Crippen LogP contribution in [0.2, 0.25) is 5.02 Å². The van der Waals surface area contributed by atoms with E-state index in [9.17, 15) is 14.0 Å². The molecule has 2 rings (SSSR count). The number of carbonyl (C=O) groups excluding carboxylic acids is 2. The molecule has 25 heavy (non-hydrogen) atoms. The highest BCUT2D eigenvalue weighted by atomic mass is 35.5. The second kappa shape index (κ2) is 8.34. The molecule has 2 aromatic carbocycles. The van der Waals surface area contributed by atoms with Gasteiger partial charge in [0.15, 0.2) is 0 Å². The summed E-state index contributed by atoms with van der Waals surface area (Å²) in [6.45, 7) is 1.74. The van der Waals surface area contributed by atoms with Crippen LogP contribution in [0.3, 0.4) is 0 Å². The Bertz CT molecular complexity index is 785. The van der Waals surface area contributed by atoms with Crippen molar-refractivity contribution in [3.8, 4) is 5.75 Å². The predicted molar refractivity (Wildman–Crippen MR) is 93.0 cm³/mol. The smallest absolute Gasteiger partial charge is 0.318 e. The molecule has 0 fully saturated rings. The molecule has 0 aliphatic carbocycles. The normalized spacial score (nSPS) is 11.5. The average molecular weight is 366 g/mol. The SMILES string of the molecule is C[C@H](Nc1ccc(OCc2cccc(F)c2)c(Cl)c1)C(=O)NC(N)=O. The molecule has 0 bridgehead atoms. The third-order valence-electron chi connectivity index (χ3n) is 3.24. The molecular formula is C17H17ClFN3O3. The van der Waals surface area contributed by atoms with Gasteiger partial charge in [-0.2, -0.15) is 0 Å². The summed E-state index contributed by atoms with van der Waals surface area (Å²) in [4.78, 5) is 22.3. The Balaban J connectivity index is 1.98. The topological polar surface area (TPSA) is 93.4 Å². The molecule has 0 saturated heterocycles. The van der Waals surface area contributed by atoms with Gasteiger partial charge in [-0.05, 0) is 42.8 Å². The molecule has 6 nitrogen and oxygen atoms in total. The van der Waals surface area contributed by atoms with Crippen LogP contribution < -0.4 is 21.1 Å². The van der Waals surface area contributed by atoms with E-state index < -0.39 is 18.0 Å². The number of anilines is 1. The van der Waals surface area contributed by atoms with E-state index in [0.29, 0.717) is 22.0 Å². The summed E-state index contributed by atoms with van der Waals surface area (Å²) in [5, 5.41) is 5.19. The number of nitrogens with one attached hydrogen (secondary N) is 2. The first kappa shape index (κ1) is 18.5. The zero-order valence-corrected chi connectivity index (χ0v) is 14.1. The van der Waals surface area contributed by atoms with E-state index in [4.69, 9.17) is 22.1 Å². The Labute approximate surface area is 149 Å². The van der Waals surface area contributed by atoms with E-state index in [1.165, 1.54) is 12.1 Å². The lowest BCUT2D eigenvalue weighted by Crippen LogP contribution is -2.43. The maximum absolute atomic E-state index is 13.1. The Hall–Kier alpha value is -2.80. The first-order chi connectivity index (χ1) is 11.8. The molecule has 0 radical (unpaired) electrons. The van der Waals surface area contributed by atoms with Crippen LogP contribution in [-0.2, 0) is 11.4 Å². The first-order valence-corrected chi connectivity index (χ1v) is 7.76. The lowest BCUT2D eigenvalue weighted by Gasteiger charge is -2.15. The van der Waals surface area contributed by atoms with Crippen LogP contribution in [0.1, 0.15) is 12.5 Å². The van der Waals surface area contributed by atoms with Crippen molar-refractivity contribution in [1.29, 1.82) is 0 Å². The van der Waals surface area contributed by atoms with Gasteiger partial charge < -0.3 is 15.8 Å². The van der Waals surface area contributed by atoms with Gasteiger partial charge in [-0.15, -0.1) is 0 Å². The predicted octanol–water partition coefficient (Wildman–Crippen LogP) is 3.05. The summed E-state index contributed by atoms with van der Waals surface area (Å²) in [6, 6.07) is 9.34. The number of urea groups is 1. The van der Waals surface area contributed by atoms with Crippen LogP contribution in [0.25, 0.3) is 0 Å². The van der Waals surface area contributed by atoms with Crippen molar-refractivity contribution in [3.05, 3.63) is 58.9 Å². The number of halogens is 2. The second-order valence-electron chi connectivity index (χ2n) is 5.28. The highest BCUT2D eigenvalue weighted by Gasteiger charge is 2.14. The number of primary amides is 1. The summed E-state index contributed by atoms with van der Waals surface area (Å²) in [5.74, 6) is -0.476. The fraction of sp³-hybridized carbons (Fsp3) is 0.176. The quantitative estimate of drug-likeness (QED) is 0.733. The van der Waals surface area contributed by atoms with Crippen LogP contribution in [0, 0.1) is 5.82 Å². The minimum absolute atomic E-state index is 0.168. The van der Waals surface area contributed by atoms with Crippen LogP contribution in [-0.4, -0.2) is 18.0 Å². The molecule has 1 atom stereocenters. The Kier molecular flexibility index (Phi) is 6.19. The Morgan fingerprint density at radius 3 is 2.68 bits per heavy atom. The van der Waals surface area contributed by atoms with Gasteiger partial charge in [0.25, 0.3) is 0 Å². The molecular weight excluding hydrogens is 349 g/mol. The van der Waals surface area contributed by atoms with E-state index in [2.05, 4.69) is 5.32 Å². The van der Waals surface area contributed by atoms with Crippen LogP contribution in [0.5, 0.6) is 5.75 Å². The van der Waals surface area contributed by atoms with Crippen molar-refractivity contribution < 1.29 is 18.7 Å². The van der Waals surface area contributed by atoms with Gasteiger partial charge in [0.05, 0.1) is 5.02 Å². The molecule has 0 spiro atoms. The molecule has 0 heterocycles. The summed E-state index contributed by atoms with van der Waals surface area (Å²) in [7, 11) is 0. The third-order valence-corrected chi connectivity index (χ3v) is 3.53. The van der Waals surface area contributed by atoms with Crippen molar-refractivity contribution in [1.82, 2.24) is 5.32 Å². The molecule has 132 valence electrons. The van der Waals surface area contributed by atoms with E-state index >= 15 is 0 Å². The lowest BCUT2D eigenvalue weighted by molar-refractivity contribution is -0.120. The van der Waals surface area contributed by atoms with Gasteiger partial charge in [0, 0.05) is 5.69 Å². The van der Waals surface area contributed by atoms with E-state index in [1.807, 2.05) is 5.32 Å². The maximum atomic E-state index is 13.1. The molecule has 2 aromatic rings. The van der Waals surface area contributed by atoms with Crippen LogP contribution in [0.15, 0.2) is 42.5 Å². The van der Waals surface area contributed by atoms with Crippen molar-refractivity contribution in [3.63, 3.8) is 0 Å². The number of carbonyl (C=O) groups is 2. The van der Waals surface area contributed by atoms with E-state index in [1.54, 1.807) is 37.3 Å². The van der Waals surface area contributed by atoms with Crippen LogP contribution in [0.4, 0.5) is 14.9 Å². The van der Waals surface area contributed by atoms with Gasteiger partial charge in [-0.25, -0.2) is 9.18 Å². The number of nitrogens with two attached hydrogens (primary N) is 1. The van der Waals surface area contributed by atoms with Gasteiger partial charge >= 0.3 is 6.03 Å². The number of rotatable bonds is 6. The van der Waals surface area contributed by atoms with Gasteiger partial charge in [-0.3, -0.25) is 10.1 Å². The Morgan fingerprint density at radius 2 is 2.04 bits per heavy atom. The highest BCUT2D eigenvalue weighted by Crippen LogP contribution is 2.28. The molecule has 0 unspecified atom stereocenters. The van der Waals surface area contributed by atoms with E-state index in [-0.39, 0.29) is 12.4 Å². The molecule has 0 aliphatic rings. The molecule has 3 amide bonds. The minimum Gasteiger partial charge on any atom is -0.487 e. The summed E-state index contributed by atoms with van der Waals surface area (Å²) >= 11 is 6.16. The monoisotopic (exact) mass is 365 g/mol. The fourth-order valence-corrected chi connectivity index (χ4v) is 2.28. The maximum Gasteiger partial charge on any atom is 0.318 e. The van der Waals surface area contributed by atoms with Crippen molar-refractivity contribution >= 4 is 29.2 Å². The zero-order valence-electron chi connectivity index (χ0n) is 13.4. The zero-order chi connectivity index (χ0) is 18.4. The fourth-order valence-electron chi connectivity index (χ4n) is 2.04. The molecule has 0 aromatic heterocycles. The largest absolute Gasteiger partial charge is 0.487 e. The lowest BCUT2D eigenvalue weighted by atomic mass is 10.2. The average Bonchev–Trinajstić information content (AvgIpc) is 2.53. The number of hydrogen-bond donors (Lipinski definition) is 3. The van der Waals surface area contributed by atoms with Crippen molar-refractivity contribution in [2.24, 2.45) is 5.73 Å². The number of amides is 3. The molecule has 8 heteroatoms. The third kappa shape index (κ3) is 5.65. The van der Waals surface area contributed by atoms with Crippen LogP contribution >= 0.6 is 11.6 Å². The van der Waals surface area contributed by atoms with Gasteiger partial charge in [0.2, 0.25) is 5.91 Å². The minimum atomic E-state index is -0.919. The van der Waals surface area contributed by atoms with Crippen molar-refractivity contribution in [2.75, 3.05) is 5.32 Å². The number of imide groups is 1. The Morgan fingerprint density at radius 1 is 1.28 bits per heavy atom. The molecule has 0 saturated carbocycles. The first-order valence-electron chi connectivity index (χ1n) is 7.39. The highest BCUT2D eigenvalue weighted by molar-refractivity contribution is 6.32. The summed E-state index contributed by atoms with van der Waals surface area (Å²) in [5.41, 5.74) is 6.14. The number of hydrogen-bond acceptors (Lipinski definition) is 4. The van der Waals surface area contributed by atoms with Gasteiger partial charge in [-0.1, -0.05) is 23.7 Å². The van der Waals surface area contributed by atoms with Gasteiger partial charge in [0.1, 0.15) is 24.2 Å². The van der Waals surface area contributed by atoms with Crippen molar-refractivity contribution in [2.45, 2.75) is 19.6 Å². The number of benzene rings is 2. The standard InChI is InChI=1S/C17H17ClFN3O3/c1-10(16(23)22-17(20)24)21-13-5-6-15(14(18)8-13)25-9-11-3-2-4-12(19)7-11/h2-8,10,21H,9H2,1H3,(H3,20,22,23,24)/t10-/m0/s1. The second-order valence-corrected chi connectivity index (χ2v) is 5.69. The molecule has 4 N–H and O–H groups in total. The number of ether oxygens (including phenoxy) is 1. The summed E-state index contributed by atoms with van der Waals surface area (Å²) < 4.78 is 18.7. The van der Waals surface area contributed by atoms with E-state index in [0.717, 1.165) is 0 Å².